The summed E-state index contributed by atoms with van der Waals surface area (Å²) < 4.78 is 26.7. The van der Waals surface area contributed by atoms with Crippen LogP contribution in [0.4, 0.5) is 0 Å². The normalized spacial score (nSPS) is 18.0. The van der Waals surface area contributed by atoms with Gasteiger partial charge in [-0.1, -0.05) is 23.7 Å². The molecule has 0 bridgehead atoms. The van der Waals surface area contributed by atoms with E-state index >= 15 is 0 Å². The minimum atomic E-state index is -3.53. The van der Waals surface area contributed by atoms with Gasteiger partial charge in [0.25, 0.3) is 0 Å². The molecule has 6 nitrogen and oxygen atoms in total. The fourth-order valence-corrected chi connectivity index (χ4v) is 4.48. The molecule has 112 valence electrons. The Hall–Kier alpha value is -1.44. The largest absolute Gasteiger partial charge is 0.244 e. The molecule has 1 aliphatic rings. The zero-order chi connectivity index (χ0) is 14.9. The number of hydrogen-bond acceptors (Lipinski definition) is 4. The van der Waals surface area contributed by atoms with Gasteiger partial charge in [0.05, 0.1) is 23.5 Å². The first-order valence-corrected chi connectivity index (χ1v) is 8.51. The summed E-state index contributed by atoms with van der Waals surface area (Å²) in [7, 11) is -3.53. The molecule has 0 spiro atoms. The second-order valence-corrected chi connectivity index (χ2v) is 7.23. The van der Waals surface area contributed by atoms with Gasteiger partial charge < -0.3 is 0 Å². The first-order valence-electron chi connectivity index (χ1n) is 6.69. The molecular weight excluding hydrogens is 312 g/mol. The highest BCUT2D eigenvalue weighted by molar-refractivity contribution is 7.89. The zero-order valence-corrected chi connectivity index (χ0v) is 12.8. The Morgan fingerprint density at radius 1 is 1.10 bits per heavy atom. The number of aromatic nitrogens is 3. The Labute approximate surface area is 128 Å². The van der Waals surface area contributed by atoms with E-state index in [1.54, 1.807) is 41.5 Å². The SMILES string of the molecule is O=S(=O)(c1ccccc1Cl)N1CCC(n2nccn2)CC1. The summed E-state index contributed by atoms with van der Waals surface area (Å²) in [6.45, 7) is 0.888. The molecule has 1 aliphatic heterocycles. The quantitative estimate of drug-likeness (QED) is 0.864. The lowest BCUT2D eigenvalue weighted by atomic mass is 10.1. The average molecular weight is 327 g/mol. The number of sulfonamides is 1. The van der Waals surface area contributed by atoms with Crippen LogP contribution in [0.2, 0.25) is 5.02 Å². The van der Waals surface area contributed by atoms with Crippen LogP contribution in [0.25, 0.3) is 0 Å². The predicted octanol–water partition coefficient (Wildman–Crippen LogP) is 1.96. The number of halogens is 1. The zero-order valence-electron chi connectivity index (χ0n) is 11.3. The van der Waals surface area contributed by atoms with Crippen LogP contribution in [0.3, 0.4) is 0 Å². The monoisotopic (exact) mass is 326 g/mol. The Morgan fingerprint density at radius 3 is 2.33 bits per heavy atom. The summed E-state index contributed by atoms with van der Waals surface area (Å²) in [5.41, 5.74) is 0. The molecule has 1 saturated heterocycles. The van der Waals surface area contributed by atoms with Crippen LogP contribution < -0.4 is 0 Å². The second-order valence-electron chi connectivity index (χ2n) is 4.92. The topological polar surface area (TPSA) is 68.1 Å². The summed E-state index contributed by atoms with van der Waals surface area (Å²) >= 11 is 6.01. The van der Waals surface area contributed by atoms with Crippen molar-refractivity contribution in [1.82, 2.24) is 19.3 Å². The van der Waals surface area contributed by atoms with Crippen LogP contribution in [0.1, 0.15) is 18.9 Å². The van der Waals surface area contributed by atoms with Crippen molar-refractivity contribution >= 4 is 21.6 Å². The Kier molecular flexibility index (Phi) is 3.97. The third kappa shape index (κ3) is 2.81. The van der Waals surface area contributed by atoms with E-state index in [1.807, 2.05) is 0 Å². The maximum absolute atomic E-state index is 12.6. The van der Waals surface area contributed by atoms with Crippen molar-refractivity contribution in [1.29, 1.82) is 0 Å². The van der Waals surface area contributed by atoms with Gasteiger partial charge in [-0.2, -0.15) is 19.3 Å². The van der Waals surface area contributed by atoms with Crippen LogP contribution in [-0.4, -0.2) is 40.8 Å². The van der Waals surface area contributed by atoms with E-state index in [-0.39, 0.29) is 16.0 Å². The molecule has 0 saturated carbocycles. The second kappa shape index (κ2) is 5.75. The van der Waals surface area contributed by atoms with Crippen molar-refractivity contribution in [3.05, 3.63) is 41.7 Å². The van der Waals surface area contributed by atoms with Crippen molar-refractivity contribution in [2.24, 2.45) is 0 Å². The van der Waals surface area contributed by atoms with Gasteiger partial charge in [-0.25, -0.2) is 8.42 Å². The van der Waals surface area contributed by atoms with Crippen LogP contribution in [0.15, 0.2) is 41.6 Å². The first kappa shape index (κ1) is 14.5. The molecule has 0 aliphatic carbocycles. The minimum absolute atomic E-state index is 0.151. The third-order valence-corrected chi connectivity index (χ3v) is 6.04. The van der Waals surface area contributed by atoms with Crippen LogP contribution in [-0.2, 0) is 10.0 Å². The van der Waals surface area contributed by atoms with Crippen LogP contribution >= 0.6 is 11.6 Å². The highest BCUT2D eigenvalue weighted by atomic mass is 35.5. The van der Waals surface area contributed by atoms with Crippen LogP contribution in [0, 0.1) is 0 Å². The molecule has 2 heterocycles. The predicted molar refractivity (Wildman–Crippen MR) is 78.5 cm³/mol. The van der Waals surface area contributed by atoms with E-state index in [2.05, 4.69) is 10.2 Å². The Morgan fingerprint density at radius 2 is 1.71 bits per heavy atom. The highest BCUT2D eigenvalue weighted by Crippen LogP contribution is 2.29. The Bertz CT molecular complexity index is 710. The number of rotatable bonds is 3. The van der Waals surface area contributed by atoms with E-state index in [0.29, 0.717) is 25.9 Å². The minimum Gasteiger partial charge on any atom is -0.207 e. The van der Waals surface area contributed by atoms with Crippen molar-refractivity contribution in [3.8, 4) is 0 Å². The van der Waals surface area contributed by atoms with Gasteiger partial charge in [0.1, 0.15) is 4.90 Å². The van der Waals surface area contributed by atoms with Crippen molar-refractivity contribution in [2.75, 3.05) is 13.1 Å². The Balaban J connectivity index is 1.76. The molecule has 1 aromatic carbocycles. The number of benzene rings is 1. The fourth-order valence-electron chi connectivity index (χ4n) is 2.52. The molecule has 3 rings (SSSR count). The molecule has 2 aromatic rings. The van der Waals surface area contributed by atoms with Crippen molar-refractivity contribution in [3.63, 3.8) is 0 Å². The summed E-state index contributed by atoms with van der Waals surface area (Å²) in [5.74, 6) is 0. The fraction of sp³-hybridized carbons (Fsp3) is 0.385. The molecule has 21 heavy (non-hydrogen) atoms. The average Bonchev–Trinajstić information content (AvgIpc) is 3.02. The molecule has 1 fully saturated rings. The van der Waals surface area contributed by atoms with E-state index in [9.17, 15) is 8.42 Å². The van der Waals surface area contributed by atoms with Gasteiger partial charge in [-0.15, -0.1) is 0 Å². The van der Waals surface area contributed by atoms with Crippen LogP contribution in [0.5, 0.6) is 0 Å². The molecule has 0 N–H and O–H groups in total. The van der Waals surface area contributed by atoms with Gasteiger partial charge in [-0.3, -0.25) is 0 Å². The standard InChI is InChI=1S/C13H15ClN4O2S/c14-12-3-1-2-4-13(12)21(19,20)17-9-5-11(6-10-17)18-15-7-8-16-18/h1-4,7-8,11H,5-6,9-10H2. The van der Waals surface area contributed by atoms with Crippen molar-refractivity contribution < 1.29 is 8.42 Å². The lowest BCUT2D eigenvalue weighted by Gasteiger charge is -2.30. The number of piperidine rings is 1. The molecule has 0 amide bonds. The van der Waals surface area contributed by atoms with Crippen molar-refractivity contribution in [2.45, 2.75) is 23.8 Å². The molecule has 0 radical (unpaired) electrons. The van der Waals surface area contributed by atoms with Gasteiger partial charge >= 0.3 is 0 Å². The summed E-state index contributed by atoms with van der Waals surface area (Å²) in [5, 5.41) is 8.49. The van der Waals surface area contributed by atoms with Gasteiger partial charge in [-0.05, 0) is 25.0 Å². The lowest BCUT2D eigenvalue weighted by Crippen LogP contribution is -2.39. The van der Waals surface area contributed by atoms with E-state index in [1.165, 1.54) is 4.31 Å². The molecule has 0 atom stereocenters. The number of nitrogens with zero attached hydrogens (tertiary/aromatic N) is 4. The smallest absolute Gasteiger partial charge is 0.207 e. The molecule has 1 aromatic heterocycles. The van der Waals surface area contributed by atoms with Gasteiger partial charge in [0.2, 0.25) is 10.0 Å². The van der Waals surface area contributed by atoms with E-state index in [4.69, 9.17) is 11.6 Å². The van der Waals surface area contributed by atoms with E-state index in [0.717, 1.165) is 0 Å². The summed E-state index contributed by atoms with van der Waals surface area (Å²) in [6, 6.07) is 6.68. The lowest BCUT2D eigenvalue weighted by molar-refractivity contribution is 0.245. The number of hydrogen-bond donors (Lipinski definition) is 0. The molecular formula is C13H15ClN4O2S. The maximum Gasteiger partial charge on any atom is 0.244 e. The molecule has 0 unspecified atom stereocenters. The first-order chi connectivity index (χ1) is 10.1. The summed E-state index contributed by atoms with van der Waals surface area (Å²) in [4.78, 5) is 1.82. The van der Waals surface area contributed by atoms with Gasteiger partial charge in [0, 0.05) is 13.1 Å². The maximum atomic E-state index is 12.6. The molecule has 8 heteroatoms. The van der Waals surface area contributed by atoms with E-state index < -0.39 is 10.0 Å². The third-order valence-electron chi connectivity index (χ3n) is 3.64. The van der Waals surface area contributed by atoms with Gasteiger partial charge in [0.15, 0.2) is 0 Å². The highest BCUT2D eigenvalue weighted by Gasteiger charge is 2.31. The summed E-state index contributed by atoms with van der Waals surface area (Å²) in [6.07, 6.45) is 4.65.